The fraction of sp³-hybridized carbons (Fsp3) is 0.360. The van der Waals surface area contributed by atoms with Gasteiger partial charge in [0, 0.05) is 29.2 Å². The highest BCUT2D eigenvalue weighted by Gasteiger charge is 2.49. The molecule has 0 spiro atoms. The molecule has 11 heteroatoms. The molecule has 1 aliphatic carbocycles. The number of halogens is 1. The van der Waals surface area contributed by atoms with Crippen molar-refractivity contribution in [2.24, 2.45) is 5.92 Å². The number of piperidine rings is 1. The number of fused-ring (bicyclic) bond motifs is 3. The van der Waals surface area contributed by atoms with Crippen LogP contribution in [-0.4, -0.2) is 49.9 Å². The summed E-state index contributed by atoms with van der Waals surface area (Å²) < 4.78 is 7.36. The molecule has 186 valence electrons. The monoisotopic (exact) mass is 541 g/mol. The van der Waals surface area contributed by atoms with Gasteiger partial charge in [-0.2, -0.15) is 0 Å². The molecule has 2 aliphatic rings. The number of nitrogens with one attached hydrogen (secondary N) is 1. The van der Waals surface area contributed by atoms with E-state index >= 15 is 0 Å². The van der Waals surface area contributed by atoms with E-state index in [1.54, 1.807) is 4.40 Å². The Kier molecular flexibility index (Phi) is 5.97. The first kappa shape index (κ1) is 23.4. The number of thiazole rings is 2. The van der Waals surface area contributed by atoms with Crippen molar-refractivity contribution in [2.75, 3.05) is 6.54 Å². The number of hydrogen-bond acceptors (Lipinski definition) is 7. The summed E-state index contributed by atoms with van der Waals surface area (Å²) in [6, 6.07) is 7.55. The highest BCUT2D eigenvalue weighted by atomic mass is 35.5. The second-order valence-electron chi connectivity index (χ2n) is 9.26. The molecule has 2 amide bonds. The third kappa shape index (κ3) is 4.07. The van der Waals surface area contributed by atoms with Gasteiger partial charge in [0.2, 0.25) is 5.88 Å². The highest BCUT2D eigenvalue weighted by molar-refractivity contribution is 7.15. The minimum atomic E-state index is -0.551. The lowest BCUT2D eigenvalue weighted by Crippen LogP contribution is -2.50. The number of nitrogens with zero attached hydrogens (tertiary/aromatic N) is 4. The maximum absolute atomic E-state index is 13.9. The van der Waals surface area contributed by atoms with E-state index in [4.69, 9.17) is 16.3 Å². The molecule has 8 nitrogen and oxygen atoms in total. The van der Waals surface area contributed by atoms with Crippen molar-refractivity contribution in [2.45, 2.75) is 45.2 Å². The van der Waals surface area contributed by atoms with Crippen LogP contribution in [-0.2, 0) is 0 Å². The molecular formula is C25H24ClN5O3S2. The van der Waals surface area contributed by atoms with E-state index in [0.717, 1.165) is 39.7 Å². The number of hydrogen-bond donors (Lipinski definition) is 1. The van der Waals surface area contributed by atoms with Crippen molar-refractivity contribution in [3.05, 3.63) is 57.3 Å². The van der Waals surface area contributed by atoms with E-state index in [9.17, 15) is 9.59 Å². The smallest absolute Gasteiger partial charge is 0.391 e. The Morgan fingerprint density at radius 1 is 1.25 bits per heavy atom. The molecule has 1 N–H and O–H groups in total. The second kappa shape index (κ2) is 9.17. The quantitative estimate of drug-likeness (QED) is 0.357. The van der Waals surface area contributed by atoms with E-state index in [-0.39, 0.29) is 18.0 Å². The van der Waals surface area contributed by atoms with Gasteiger partial charge in [0.05, 0.1) is 15.9 Å². The molecule has 2 bridgehead atoms. The SMILES string of the molecule is Cc1nc(C(=O)N2[C@@H]3CC[C@@H](C3)[C@H]2CNC(=O)Oc2c(C)nc3sccn23)c(-c2cccc(Cl)c2)s1. The van der Waals surface area contributed by atoms with Crippen molar-refractivity contribution in [3.63, 3.8) is 0 Å². The van der Waals surface area contributed by atoms with Crippen LogP contribution in [0.5, 0.6) is 5.88 Å². The molecule has 2 fully saturated rings. The Hall–Kier alpha value is -2.95. The number of likely N-dealkylation sites (tertiary alicyclic amines) is 1. The molecule has 1 aliphatic heterocycles. The summed E-state index contributed by atoms with van der Waals surface area (Å²) in [6.45, 7) is 4.04. The average molecular weight is 542 g/mol. The summed E-state index contributed by atoms with van der Waals surface area (Å²) >= 11 is 9.20. The fourth-order valence-corrected chi connectivity index (χ4v) is 7.35. The minimum absolute atomic E-state index is 0.0895. The van der Waals surface area contributed by atoms with E-state index in [0.29, 0.717) is 34.8 Å². The summed E-state index contributed by atoms with van der Waals surface area (Å²) in [6.07, 6.45) is 4.24. The molecule has 6 rings (SSSR count). The summed E-state index contributed by atoms with van der Waals surface area (Å²) in [5.74, 6) is 0.663. The maximum Gasteiger partial charge on any atom is 0.414 e. The van der Waals surface area contributed by atoms with Gasteiger partial charge in [-0.25, -0.2) is 14.8 Å². The molecule has 3 atom stereocenters. The number of benzene rings is 1. The van der Waals surface area contributed by atoms with Crippen LogP contribution >= 0.6 is 34.3 Å². The Labute approximate surface area is 220 Å². The standard InChI is InChI=1S/C25H24ClN5O3S2/c1-13-23(30-8-9-35-24(30)28-13)34-25(33)27-12-19-15-6-7-18(11-15)31(19)22(32)20-21(36-14(2)29-20)16-4-3-5-17(26)10-16/h3-5,8-10,15,18-19H,6-7,11-12H2,1-2H3,(H,27,33)/t15-,18+,19+/m0/s1. The van der Waals surface area contributed by atoms with Crippen LogP contribution in [0.1, 0.15) is 40.5 Å². The molecule has 4 heterocycles. The zero-order valence-corrected chi connectivity index (χ0v) is 22.1. The minimum Gasteiger partial charge on any atom is -0.391 e. The normalized spacial score (nSPS) is 20.9. The average Bonchev–Trinajstić information content (AvgIpc) is 3.66. The van der Waals surface area contributed by atoms with Crippen LogP contribution in [0.2, 0.25) is 5.02 Å². The first-order chi connectivity index (χ1) is 17.4. The number of imidazole rings is 1. The number of rotatable bonds is 5. The van der Waals surface area contributed by atoms with Gasteiger partial charge in [0.15, 0.2) is 4.96 Å². The van der Waals surface area contributed by atoms with Crippen LogP contribution < -0.4 is 10.1 Å². The second-order valence-corrected chi connectivity index (χ2v) is 11.8. The summed E-state index contributed by atoms with van der Waals surface area (Å²) in [7, 11) is 0. The van der Waals surface area contributed by atoms with Gasteiger partial charge >= 0.3 is 6.09 Å². The fourth-order valence-electron chi connectivity index (χ4n) is 5.50. The van der Waals surface area contributed by atoms with E-state index in [1.165, 1.54) is 22.7 Å². The molecule has 36 heavy (non-hydrogen) atoms. The van der Waals surface area contributed by atoms with Crippen LogP contribution in [0.15, 0.2) is 35.8 Å². The zero-order valence-electron chi connectivity index (χ0n) is 19.7. The van der Waals surface area contributed by atoms with Gasteiger partial charge < -0.3 is 15.0 Å². The zero-order chi connectivity index (χ0) is 25.0. The third-order valence-electron chi connectivity index (χ3n) is 7.02. The molecule has 0 unspecified atom stereocenters. The van der Waals surface area contributed by atoms with Gasteiger partial charge in [0.1, 0.15) is 11.4 Å². The lowest BCUT2D eigenvalue weighted by Gasteiger charge is -2.35. The van der Waals surface area contributed by atoms with Gasteiger partial charge in [0.25, 0.3) is 5.91 Å². The molecule has 0 radical (unpaired) electrons. The lowest BCUT2D eigenvalue weighted by molar-refractivity contribution is 0.0585. The van der Waals surface area contributed by atoms with E-state index in [2.05, 4.69) is 15.3 Å². The number of aryl methyl sites for hydroxylation is 2. The Morgan fingerprint density at radius 3 is 2.94 bits per heavy atom. The predicted octanol–water partition coefficient (Wildman–Crippen LogP) is 5.57. The Morgan fingerprint density at radius 2 is 2.11 bits per heavy atom. The number of amides is 2. The molecule has 1 saturated carbocycles. The van der Waals surface area contributed by atoms with E-state index < -0.39 is 6.09 Å². The molecular weight excluding hydrogens is 518 g/mol. The Bertz CT molecular complexity index is 1480. The number of ether oxygens (including phenoxy) is 1. The maximum atomic E-state index is 13.9. The molecule has 3 aromatic heterocycles. The van der Waals surface area contributed by atoms with Crippen LogP contribution in [0.3, 0.4) is 0 Å². The predicted molar refractivity (Wildman–Crippen MR) is 140 cm³/mol. The lowest BCUT2D eigenvalue weighted by atomic mass is 9.98. The number of carbonyl (C=O) groups excluding carboxylic acids is 2. The van der Waals surface area contributed by atoms with Crippen molar-refractivity contribution in [1.29, 1.82) is 0 Å². The number of aromatic nitrogens is 3. The van der Waals surface area contributed by atoms with Crippen molar-refractivity contribution in [3.8, 4) is 16.3 Å². The summed E-state index contributed by atoms with van der Waals surface area (Å²) in [5, 5.41) is 6.23. The third-order valence-corrected chi connectivity index (χ3v) is 9.04. The van der Waals surface area contributed by atoms with Crippen LogP contribution in [0.4, 0.5) is 4.79 Å². The molecule has 4 aromatic rings. The topological polar surface area (TPSA) is 88.8 Å². The Balaban J connectivity index is 1.21. The van der Waals surface area contributed by atoms with Crippen molar-refractivity contribution < 1.29 is 14.3 Å². The van der Waals surface area contributed by atoms with Crippen molar-refractivity contribution >= 4 is 51.2 Å². The van der Waals surface area contributed by atoms with Crippen LogP contribution in [0.25, 0.3) is 15.4 Å². The van der Waals surface area contributed by atoms with Crippen LogP contribution in [0, 0.1) is 19.8 Å². The largest absolute Gasteiger partial charge is 0.414 e. The number of carbonyl (C=O) groups is 2. The van der Waals surface area contributed by atoms with Gasteiger partial charge in [-0.3, -0.25) is 9.20 Å². The van der Waals surface area contributed by atoms with Gasteiger partial charge in [-0.15, -0.1) is 22.7 Å². The van der Waals surface area contributed by atoms with Gasteiger partial charge in [-0.1, -0.05) is 23.7 Å². The molecule has 1 aromatic carbocycles. The molecule has 1 saturated heterocycles. The summed E-state index contributed by atoms with van der Waals surface area (Å²) in [5.41, 5.74) is 1.99. The first-order valence-corrected chi connectivity index (χ1v) is 13.9. The highest BCUT2D eigenvalue weighted by Crippen LogP contribution is 2.44. The van der Waals surface area contributed by atoms with E-state index in [1.807, 2.05) is 54.6 Å². The van der Waals surface area contributed by atoms with Crippen molar-refractivity contribution in [1.82, 2.24) is 24.6 Å². The first-order valence-electron chi connectivity index (χ1n) is 11.8. The summed E-state index contributed by atoms with van der Waals surface area (Å²) in [4.78, 5) is 39.2. The van der Waals surface area contributed by atoms with Gasteiger partial charge in [-0.05, 0) is 56.7 Å².